The van der Waals surface area contributed by atoms with Crippen LogP contribution in [0.25, 0.3) is 0 Å². The van der Waals surface area contributed by atoms with Crippen LogP contribution in [-0.4, -0.2) is 60.7 Å². The number of carbonyl (C=O) groups is 3. The second kappa shape index (κ2) is 9.04. The van der Waals surface area contributed by atoms with Gasteiger partial charge in [-0.3, -0.25) is 9.59 Å². The van der Waals surface area contributed by atoms with Crippen molar-refractivity contribution in [3.63, 3.8) is 0 Å². The quantitative estimate of drug-likeness (QED) is 0.640. The molecule has 2 saturated heterocycles. The van der Waals surface area contributed by atoms with E-state index in [4.69, 9.17) is 23.7 Å². The number of cyclic esters (lactones) is 1. The molecule has 1 aromatic rings. The normalized spacial score (nSPS) is 32.6. The molecule has 0 radical (unpaired) electrons. The van der Waals surface area contributed by atoms with E-state index in [1.165, 1.54) is 6.92 Å². The van der Waals surface area contributed by atoms with Crippen molar-refractivity contribution in [2.45, 2.75) is 69.7 Å². The van der Waals surface area contributed by atoms with E-state index in [0.717, 1.165) is 5.56 Å². The minimum Gasteiger partial charge on any atom is -0.464 e. The molecule has 1 amide bonds. The number of hydrogen-bond donors (Lipinski definition) is 1. The molecule has 2 heterocycles. The second-order valence-electron chi connectivity index (χ2n) is 9.50. The Labute approximate surface area is 193 Å². The van der Waals surface area contributed by atoms with Gasteiger partial charge in [0.2, 0.25) is 5.91 Å². The Balaban J connectivity index is 1.54. The zero-order valence-corrected chi connectivity index (χ0v) is 19.3. The summed E-state index contributed by atoms with van der Waals surface area (Å²) in [5, 5.41) is 2.84. The summed E-state index contributed by atoms with van der Waals surface area (Å²) < 4.78 is 28.6. The molecule has 180 valence electrons. The van der Waals surface area contributed by atoms with Crippen molar-refractivity contribution in [2.24, 2.45) is 5.92 Å². The highest BCUT2D eigenvalue weighted by Crippen LogP contribution is 2.50. The van der Waals surface area contributed by atoms with Gasteiger partial charge in [0.1, 0.15) is 12.7 Å². The molecule has 4 rings (SSSR count). The minimum absolute atomic E-state index is 0.201. The van der Waals surface area contributed by atoms with Gasteiger partial charge in [0.25, 0.3) is 0 Å². The molecule has 1 aliphatic carbocycles. The maximum absolute atomic E-state index is 13.2. The maximum Gasteiger partial charge on any atom is 0.336 e. The largest absolute Gasteiger partial charge is 0.464 e. The number of esters is 2. The van der Waals surface area contributed by atoms with E-state index in [1.807, 2.05) is 44.2 Å². The lowest BCUT2D eigenvalue weighted by molar-refractivity contribution is -0.214. The van der Waals surface area contributed by atoms with Gasteiger partial charge in [-0.2, -0.15) is 0 Å². The van der Waals surface area contributed by atoms with Gasteiger partial charge in [-0.1, -0.05) is 30.3 Å². The Hall–Kier alpha value is -2.49. The fraction of sp³-hybridized carbons (Fsp3) is 0.625. The van der Waals surface area contributed by atoms with E-state index in [9.17, 15) is 14.4 Å². The first kappa shape index (κ1) is 23.7. The topological polar surface area (TPSA) is 109 Å². The standard InChI is InChI=1S/C24H31NO8/c1-16(26)32-19-12-23(15-31-22(2,3)33-23)11-18-9-10-30-21(28)24(18,19)25-20(27)14-29-13-17-7-5-4-6-8-17/h4-8,18-19H,9-15H2,1-3H3,(H,25,27)/t18-,19+,23-,24+/m0/s1. The molecular weight excluding hydrogens is 430 g/mol. The van der Waals surface area contributed by atoms with Crippen molar-refractivity contribution >= 4 is 17.8 Å². The summed E-state index contributed by atoms with van der Waals surface area (Å²) in [6, 6.07) is 9.46. The van der Waals surface area contributed by atoms with Gasteiger partial charge in [-0.25, -0.2) is 4.79 Å². The van der Waals surface area contributed by atoms with Gasteiger partial charge in [0.05, 0.1) is 25.4 Å². The van der Waals surface area contributed by atoms with Gasteiger partial charge < -0.3 is 29.0 Å². The predicted octanol–water partition coefficient (Wildman–Crippen LogP) is 1.87. The van der Waals surface area contributed by atoms with Crippen LogP contribution in [0.4, 0.5) is 0 Å². The summed E-state index contributed by atoms with van der Waals surface area (Å²) in [6.45, 7) is 5.47. The molecule has 3 aliphatic rings. The molecule has 9 nitrogen and oxygen atoms in total. The lowest BCUT2D eigenvalue weighted by Gasteiger charge is -2.53. The SMILES string of the molecule is CC(=O)O[C@@H]1C[C@]2(COC(C)(C)O2)C[C@@H]2CCOC(=O)[C@@]21NC(=O)COCc1ccccc1. The van der Waals surface area contributed by atoms with Crippen LogP contribution < -0.4 is 5.32 Å². The molecule has 33 heavy (non-hydrogen) atoms. The third-order valence-corrected chi connectivity index (χ3v) is 6.51. The van der Waals surface area contributed by atoms with E-state index in [-0.39, 0.29) is 32.2 Å². The molecule has 3 fully saturated rings. The Morgan fingerprint density at radius 2 is 1.94 bits per heavy atom. The van der Waals surface area contributed by atoms with Crippen LogP contribution in [0, 0.1) is 5.92 Å². The summed E-state index contributed by atoms with van der Waals surface area (Å²) >= 11 is 0. The van der Waals surface area contributed by atoms with E-state index in [0.29, 0.717) is 19.4 Å². The van der Waals surface area contributed by atoms with Crippen LogP contribution in [0.3, 0.4) is 0 Å². The molecule has 1 spiro atoms. The van der Waals surface area contributed by atoms with Crippen LogP contribution in [0.1, 0.15) is 45.6 Å². The molecule has 9 heteroatoms. The molecule has 4 atom stereocenters. The lowest BCUT2D eigenvalue weighted by Crippen LogP contribution is -2.74. The Bertz CT molecular complexity index is 903. The van der Waals surface area contributed by atoms with Crippen molar-refractivity contribution in [2.75, 3.05) is 19.8 Å². The summed E-state index contributed by atoms with van der Waals surface area (Å²) in [5.74, 6) is -2.78. The summed E-state index contributed by atoms with van der Waals surface area (Å²) in [4.78, 5) is 38.1. The van der Waals surface area contributed by atoms with Gasteiger partial charge in [0.15, 0.2) is 11.3 Å². The fourth-order valence-corrected chi connectivity index (χ4v) is 5.25. The third kappa shape index (κ3) is 4.90. The van der Waals surface area contributed by atoms with Crippen LogP contribution in [0.5, 0.6) is 0 Å². The fourth-order valence-electron chi connectivity index (χ4n) is 5.25. The van der Waals surface area contributed by atoms with Crippen LogP contribution in [0.15, 0.2) is 30.3 Å². The van der Waals surface area contributed by atoms with Crippen LogP contribution in [-0.2, 0) is 44.7 Å². The number of amides is 1. The van der Waals surface area contributed by atoms with Crippen molar-refractivity contribution in [3.8, 4) is 0 Å². The monoisotopic (exact) mass is 461 g/mol. The molecule has 1 N–H and O–H groups in total. The summed E-state index contributed by atoms with van der Waals surface area (Å²) in [5.41, 5.74) is -1.29. The molecule has 0 bridgehead atoms. The lowest BCUT2D eigenvalue weighted by atomic mass is 9.63. The summed E-state index contributed by atoms with van der Waals surface area (Å²) in [7, 11) is 0. The number of hydrogen-bond acceptors (Lipinski definition) is 8. The number of ether oxygens (including phenoxy) is 5. The molecule has 0 aromatic heterocycles. The molecule has 1 saturated carbocycles. The smallest absolute Gasteiger partial charge is 0.336 e. The molecule has 1 aromatic carbocycles. The first-order valence-electron chi connectivity index (χ1n) is 11.3. The summed E-state index contributed by atoms with van der Waals surface area (Å²) in [6.07, 6.45) is 0.207. The van der Waals surface area contributed by atoms with E-state index >= 15 is 0 Å². The van der Waals surface area contributed by atoms with Gasteiger partial charge in [-0.15, -0.1) is 0 Å². The second-order valence-corrected chi connectivity index (χ2v) is 9.50. The minimum atomic E-state index is -1.50. The maximum atomic E-state index is 13.2. The first-order valence-corrected chi connectivity index (χ1v) is 11.3. The van der Waals surface area contributed by atoms with Gasteiger partial charge in [-0.05, 0) is 32.3 Å². The number of nitrogens with one attached hydrogen (secondary N) is 1. The number of fused-ring (bicyclic) bond motifs is 1. The highest BCUT2D eigenvalue weighted by atomic mass is 16.8. The average molecular weight is 462 g/mol. The van der Waals surface area contributed by atoms with Gasteiger partial charge >= 0.3 is 11.9 Å². The Kier molecular flexibility index (Phi) is 6.48. The van der Waals surface area contributed by atoms with Crippen LogP contribution >= 0.6 is 0 Å². The molecule has 0 unspecified atom stereocenters. The first-order chi connectivity index (χ1) is 15.6. The zero-order valence-electron chi connectivity index (χ0n) is 19.3. The van der Waals surface area contributed by atoms with Crippen molar-refractivity contribution in [1.82, 2.24) is 5.32 Å². The predicted molar refractivity (Wildman–Crippen MR) is 115 cm³/mol. The molecular formula is C24H31NO8. The third-order valence-electron chi connectivity index (χ3n) is 6.51. The van der Waals surface area contributed by atoms with Crippen molar-refractivity contribution in [1.29, 1.82) is 0 Å². The van der Waals surface area contributed by atoms with E-state index < -0.39 is 40.9 Å². The zero-order chi connectivity index (χ0) is 23.7. The highest BCUT2D eigenvalue weighted by molar-refractivity contribution is 5.90. The Morgan fingerprint density at radius 1 is 1.18 bits per heavy atom. The van der Waals surface area contributed by atoms with E-state index in [2.05, 4.69) is 5.32 Å². The average Bonchev–Trinajstić information content (AvgIpc) is 3.04. The Morgan fingerprint density at radius 3 is 2.61 bits per heavy atom. The van der Waals surface area contributed by atoms with Crippen molar-refractivity contribution < 1.29 is 38.1 Å². The number of carbonyl (C=O) groups excluding carboxylic acids is 3. The van der Waals surface area contributed by atoms with Gasteiger partial charge in [0, 0.05) is 19.3 Å². The highest BCUT2D eigenvalue weighted by Gasteiger charge is 2.66. The number of rotatable bonds is 6. The molecule has 2 aliphatic heterocycles. The van der Waals surface area contributed by atoms with Crippen LogP contribution in [0.2, 0.25) is 0 Å². The van der Waals surface area contributed by atoms with Crippen molar-refractivity contribution in [3.05, 3.63) is 35.9 Å². The van der Waals surface area contributed by atoms with E-state index in [1.54, 1.807) is 0 Å². The number of benzene rings is 1.